The highest BCUT2D eigenvalue weighted by Crippen LogP contribution is 2.33. The Labute approximate surface area is 177 Å². The molecule has 0 saturated carbocycles. The van der Waals surface area contributed by atoms with Crippen LogP contribution in [0.2, 0.25) is 0 Å². The summed E-state index contributed by atoms with van der Waals surface area (Å²) in [6, 6.07) is 12.0. The molecule has 2 aromatic carbocycles. The zero-order chi connectivity index (χ0) is 22.0. The van der Waals surface area contributed by atoms with Crippen molar-refractivity contribution in [2.24, 2.45) is 0 Å². The Balaban J connectivity index is 1.66. The molecule has 4 rings (SSSR count). The number of hydrogen-bond donors (Lipinski definition) is 3. The van der Waals surface area contributed by atoms with Crippen LogP contribution in [0.25, 0.3) is 0 Å². The Kier molecular flexibility index (Phi) is 5.40. The zero-order valence-electron chi connectivity index (χ0n) is 16.5. The summed E-state index contributed by atoms with van der Waals surface area (Å²) in [6.45, 7) is 2.41. The number of anilines is 2. The number of nitrogens with zero attached hydrogens (tertiary/aromatic N) is 2. The van der Waals surface area contributed by atoms with E-state index in [4.69, 9.17) is 4.74 Å². The van der Waals surface area contributed by atoms with Gasteiger partial charge in [0, 0.05) is 11.3 Å². The molecule has 0 unspecified atom stereocenters. The molecule has 3 aromatic rings. The third-order valence-electron chi connectivity index (χ3n) is 4.76. The average Bonchev–Trinajstić information content (AvgIpc) is 3.19. The maximum absolute atomic E-state index is 14.4. The average molecular weight is 422 g/mol. The number of fused-ring (bicyclic) bond motifs is 1. The van der Waals surface area contributed by atoms with Crippen molar-refractivity contribution in [1.82, 2.24) is 9.78 Å². The van der Waals surface area contributed by atoms with E-state index >= 15 is 0 Å². The number of amides is 1. The Morgan fingerprint density at radius 1 is 1.23 bits per heavy atom. The largest absolute Gasteiger partial charge is 0.494 e. The molecule has 1 atom stereocenters. The molecule has 3 N–H and O–H groups in total. The van der Waals surface area contributed by atoms with E-state index in [0.29, 0.717) is 18.0 Å². The van der Waals surface area contributed by atoms with Crippen molar-refractivity contribution in [3.8, 4) is 5.75 Å². The molecule has 1 aliphatic heterocycles. The second-order valence-corrected chi connectivity index (χ2v) is 6.74. The van der Waals surface area contributed by atoms with E-state index in [1.54, 1.807) is 42.5 Å². The summed E-state index contributed by atoms with van der Waals surface area (Å²) in [6.07, 6.45) is 2.67. The summed E-state index contributed by atoms with van der Waals surface area (Å²) in [4.78, 5) is 24.5. The molecular weight excluding hydrogens is 403 g/mol. The smallest absolute Gasteiger partial charge is 0.352 e. The summed E-state index contributed by atoms with van der Waals surface area (Å²) in [5, 5.41) is 19.2. The molecule has 158 valence electrons. The van der Waals surface area contributed by atoms with Crippen molar-refractivity contribution in [1.29, 1.82) is 0 Å². The first kappa shape index (κ1) is 20.1. The van der Waals surface area contributed by atoms with Crippen LogP contribution in [-0.4, -0.2) is 33.4 Å². The fourth-order valence-corrected chi connectivity index (χ4v) is 3.32. The van der Waals surface area contributed by atoms with Crippen LogP contribution < -0.4 is 15.4 Å². The van der Waals surface area contributed by atoms with Crippen molar-refractivity contribution >= 4 is 23.4 Å². The van der Waals surface area contributed by atoms with Gasteiger partial charge < -0.3 is 20.5 Å². The van der Waals surface area contributed by atoms with Gasteiger partial charge >= 0.3 is 5.97 Å². The lowest BCUT2D eigenvalue weighted by atomic mass is 10.0. The number of benzene rings is 2. The molecule has 0 aliphatic carbocycles. The van der Waals surface area contributed by atoms with Crippen LogP contribution in [0.4, 0.5) is 15.9 Å². The van der Waals surface area contributed by atoms with Crippen LogP contribution in [0.5, 0.6) is 5.75 Å². The van der Waals surface area contributed by atoms with E-state index < -0.39 is 23.7 Å². The van der Waals surface area contributed by atoms with E-state index in [1.807, 2.05) is 6.92 Å². The number of aliphatic carboxylic acids is 1. The second kappa shape index (κ2) is 8.31. The zero-order valence-corrected chi connectivity index (χ0v) is 16.5. The van der Waals surface area contributed by atoms with Crippen LogP contribution in [0.3, 0.4) is 0 Å². The van der Waals surface area contributed by atoms with Gasteiger partial charge in [0.15, 0.2) is 0 Å². The Bertz CT molecular complexity index is 1170. The van der Waals surface area contributed by atoms with Gasteiger partial charge in [-0.3, -0.25) is 4.79 Å². The highest BCUT2D eigenvalue weighted by Gasteiger charge is 2.30. The van der Waals surface area contributed by atoms with Crippen LogP contribution >= 0.6 is 0 Å². The number of aromatic nitrogens is 2. The molecule has 0 bridgehead atoms. The van der Waals surface area contributed by atoms with Crippen LogP contribution in [0.15, 0.2) is 66.5 Å². The van der Waals surface area contributed by atoms with E-state index in [1.165, 1.54) is 23.0 Å². The summed E-state index contributed by atoms with van der Waals surface area (Å²) in [5.41, 5.74) is 0.730. The number of carboxylic acids is 1. The number of carbonyl (C=O) groups excluding carboxylic acids is 1. The van der Waals surface area contributed by atoms with Crippen LogP contribution in [0, 0.1) is 5.82 Å². The predicted octanol–water partition coefficient (Wildman–Crippen LogP) is 3.66. The van der Waals surface area contributed by atoms with E-state index in [0.717, 1.165) is 0 Å². The van der Waals surface area contributed by atoms with Crippen molar-refractivity contribution in [2.75, 3.05) is 17.2 Å². The maximum atomic E-state index is 14.4. The monoisotopic (exact) mass is 422 g/mol. The van der Waals surface area contributed by atoms with Gasteiger partial charge in [-0.1, -0.05) is 18.2 Å². The predicted molar refractivity (Wildman–Crippen MR) is 112 cm³/mol. The van der Waals surface area contributed by atoms with Gasteiger partial charge in [-0.15, -0.1) is 0 Å². The number of rotatable bonds is 6. The molecule has 0 spiro atoms. The lowest BCUT2D eigenvalue weighted by Crippen LogP contribution is -2.26. The fourth-order valence-electron chi connectivity index (χ4n) is 3.32. The topological polar surface area (TPSA) is 105 Å². The Hall–Kier alpha value is -4.14. The van der Waals surface area contributed by atoms with Crippen molar-refractivity contribution in [3.63, 3.8) is 0 Å². The summed E-state index contributed by atoms with van der Waals surface area (Å²) in [7, 11) is 0. The van der Waals surface area contributed by atoms with Crippen LogP contribution in [-0.2, 0) is 4.79 Å². The first-order valence-electron chi connectivity index (χ1n) is 9.56. The highest BCUT2D eigenvalue weighted by molar-refractivity contribution is 6.08. The summed E-state index contributed by atoms with van der Waals surface area (Å²) >= 11 is 0. The maximum Gasteiger partial charge on any atom is 0.352 e. The molecular formula is C22H19FN4O4. The van der Waals surface area contributed by atoms with Gasteiger partial charge in [-0.2, -0.15) is 5.10 Å². The first-order chi connectivity index (χ1) is 15.0. The fraction of sp³-hybridized carbons (Fsp3) is 0.136. The summed E-state index contributed by atoms with van der Waals surface area (Å²) in [5.74, 6) is -1.38. The number of allylic oxidation sites excluding steroid dienone is 1. The lowest BCUT2D eigenvalue weighted by Gasteiger charge is -2.24. The van der Waals surface area contributed by atoms with Crippen molar-refractivity contribution < 1.29 is 23.8 Å². The van der Waals surface area contributed by atoms with Gasteiger partial charge in [0.2, 0.25) is 0 Å². The molecule has 0 radical (unpaired) electrons. The third-order valence-corrected chi connectivity index (χ3v) is 4.76. The number of ether oxygens (including phenoxy) is 1. The van der Waals surface area contributed by atoms with E-state index in [2.05, 4.69) is 15.7 Å². The van der Waals surface area contributed by atoms with Crippen LogP contribution in [0.1, 0.15) is 28.9 Å². The molecule has 0 fully saturated rings. The van der Waals surface area contributed by atoms with Crippen molar-refractivity contribution in [2.45, 2.75) is 13.0 Å². The quantitative estimate of drug-likeness (QED) is 0.560. The van der Waals surface area contributed by atoms with Gasteiger partial charge in [-0.25, -0.2) is 13.9 Å². The molecule has 0 saturated heterocycles. The third kappa shape index (κ3) is 3.97. The molecule has 1 amide bonds. The number of nitrogens with one attached hydrogen (secondary N) is 2. The second-order valence-electron chi connectivity index (χ2n) is 6.74. The molecule has 1 aromatic heterocycles. The van der Waals surface area contributed by atoms with Gasteiger partial charge in [-0.05, 0) is 43.3 Å². The summed E-state index contributed by atoms with van der Waals surface area (Å²) < 4.78 is 21.2. The molecule has 2 heterocycles. The van der Waals surface area contributed by atoms with Gasteiger partial charge in [0.25, 0.3) is 5.91 Å². The molecule has 9 heteroatoms. The van der Waals surface area contributed by atoms with Gasteiger partial charge in [0.05, 0.1) is 12.8 Å². The minimum Gasteiger partial charge on any atom is -0.494 e. The standard InChI is InChI=1S/C22H19FN4O4/c1-2-31-14-9-7-13(8-10-14)25-21(28)16-12-24-27-19(15-5-3-4-6-17(15)23)11-18(22(29)30)26-20(16)27/h3-12,19,26H,2H2,1H3,(H,25,28)(H,29,30)/t19-/m0/s1. The number of carbonyl (C=O) groups is 2. The molecule has 1 aliphatic rings. The Morgan fingerprint density at radius 3 is 2.65 bits per heavy atom. The molecule has 31 heavy (non-hydrogen) atoms. The SMILES string of the molecule is CCOc1ccc(NC(=O)c2cnn3c2NC(C(=O)O)=C[C@H]3c2ccccc2F)cc1. The Morgan fingerprint density at radius 2 is 1.97 bits per heavy atom. The first-order valence-corrected chi connectivity index (χ1v) is 9.56. The number of carboxylic acid groups (broad SMARTS) is 1. The van der Waals surface area contributed by atoms with E-state index in [-0.39, 0.29) is 22.6 Å². The van der Waals surface area contributed by atoms with Crippen molar-refractivity contribution in [3.05, 3.63) is 83.4 Å². The lowest BCUT2D eigenvalue weighted by molar-refractivity contribution is -0.132. The highest BCUT2D eigenvalue weighted by atomic mass is 19.1. The number of hydrogen-bond acceptors (Lipinski definition) is 5. The minimum absolute atomic E-state index is 0.127. The molecule has 8 nitrogen and oxygen atoms in total. The normalized spacial score (nSPS) is 14.8. The minimum atomic E-state index is -1.23. The van der Waals surface area contributed by atoms with Gasteiger partial charge in [0.1, 0.15) is 34.7 Å². The number of halogens is 1. The van der Waals surface area contributed by atoms with E-state index in [9.17, 15) is 19.1 Å².